The molecule has 2 heterocycles. The zero-order chi connectivity index (χ0) is 12.4. The minimum Gasteiger partial charge on any atom is -0.383 e. The van der Waals surface area contributed by atoms with Crippen LogP contribution in [-0.4, -0.2) is 19.9 Å². The number of aryl methyl sites for hydroxylation is 1. The summed E-state index contributed by atoms with van der Waals surface area (Å²) in [4.78, 5) is 26.6. The Labute approximate surface area is 98.0 Å². The van der Waals surface area contributed by atoms with Gasteiger partial charge in [0, 0.05) is 12.4 Å². The highest BCUT2D eigenvalue weighted by molar-refractivity contribution is 5.49. The van der Waals surface area contributed by atoms with Crippen molar-refractivity contribution in [2.45, 2.75) is 20.3 Å². The van der Waals surface area contributed by atoms with Crippen LogP contribution in [0, 0.1) is 6.92 Å². The Bertz CT molecular complexity index is 588. The molecule has 0 saturated heterocycles. The Hall–Kier alpha value is -2.24. The number of aromatic amines is 1. The maximum absolute atomic E-state index is 11.7. The molecule has 0 aliphatic carbocycles. The molecule has 6 heteroatoms. The van der Waals surface area contributed by atoms with Gasteiger partial charge < -0.3 is 10.7 Å². The molecule has 0 aliphatic heterocycles. The lowest BCUT2D eigenvalue weighted by Crippen LogP contribution is -2.18. The van der Waals surface area contributed by atoms with Gasteiger partial charge in [0.15, 0.2) is 11.6 Å². The molecule has 0 aliphatic rings. The number of hydrogen-bond donors (Lipinski definition) is 2. The Morgan fingerprint density at radius 3 is 2.53 bits per heavy atom. The predicted molar refractivity (Wildman–Crippen MR) is 64.4 cm³/mol. The summed E-state index contributed by atoms with van der Waals surface area (Å²) in [5.41, 5.74) is 6.90. The van der Waals surface area contributed by atoms with E-state index in [1.165, 1.54) is 0 Å². The second-order valence-electron chi connectivity index (χ2n) is 3.72. The van der Waals surface area contributed by atoms with Gasteiger partial charge in [-0.05, 0) is 18.9 Å². The van der Waals surface area contributed by atoms with Crippen LogP contribution in [0.5, 0.6) is 0 Å². The molecule has 88 valence electrons. The van der Waals surface area contributed by atoms with Gasteiger partial charge in [-0.3, -0.25) is 4.79 Å². The number of aromatic nitrogens is 4. The highest BCUT2D eigenvalue weighted by atomic mass is 16.1. The van der Waals surface area contributed by atoms with Crippen LogP contribution in [0.3, 0.4) is 0 Å². The van der Waals surface area contributed by atoms with Crippen molar-refractivity contribution in [3.05, 3.63) is 33.9 Å². The molecular formula is C11H13N5O. The van der Waals surface area contributed by atoms with Crippen molar-refractivity contribution in [2.24, 2.45) is 0 Å². The summed E-state index contributed by atoms with van der Waals surface area (Å²) in [6.07, 6.45) is 3.86. The molecule has 0 unspecified atom stereocenters. The Balaban J connectivity index is 2.54. The van der Waals surface area contributed by atoms with Gasteiger partial charge in [-0.15, -0.1) is 0 Å². The molecule has 0 saturated carbocycles. The van der Waals surface area contributed by atoms with Gasteiger partial charge in [-0.1, -0.05) is 6.92 Å². The van der Waals surface area contributed by atoms with Crippen molar-refractivity contribution in [1.82, 2.24) is 19.9 Å². The van der Waals surface area contributed by atoms with Crippen LogP contribution < -0.4 is 11.3 Å². The molecule has 17 heavy (non-hydrogen) atoms. The highest BCUT2D eigenvalue weighted by Gasteiger charge is 2.10. The first kappa shape index (κ1) is 11.3. The Morgan fingerprint density at radius 2 is 2.00 bits per heavy atom. The number of H-pyrrole nitrogens is 1. The smallest absolute Gasteiger partial charge is 0.256 e. The summed E-state index contributed by atoms with van der Waals surface area (Å²) < 4.78 is 0. The first-order valence-electron chi connectivity index (χ1n) is 5.29. The van der Waals surface area contributed by atoms with Crippen LogP contribution in [0.2, 0.25) is 0 Å². The van der Waals surface area contributed by atoms with E-state index in [0.717, 1.165) is 5.56 Å². The zero-order valence-electron chi connectivity index (χ0n) is 9.69. The number of anilines is 1. The summed E-state index contributed by atoms with van der Waals surface area (Å²) in [6.45, 7) is 3.74. The minimum absolute atomic E-state index is 0.232. The molecular weight excluding hydrogens is 218 g/mol. The molecule has 0 spiro atoms. The molecule has 0 amide bonds. The summed E-state index contributed by atoms with van der Waals surface area (Å²) in [6, 6.07) is 0. The molecule has 0 bridgehead atoms. The monoisotopic (exact) mass is 231 g/mol. The third kappa shape index (κ3) is 2.15. The first-order chi connectivity index (χ1) is 8.11. The minimum atomic E-state index is -0.237. The summed E-state index contributed by atoms with van der Waals surface area (Å²) in [5.74, 6) is 0.891. The van der Waals surface area contributed by atoms with Gasteiger partial charge in [0.25, 0.3) is 5.56 Å². The second kappa shape index (κ2) is 4.32. The lowest BCUT2D eigenvalue weighted by molar-refractivity contribution is 0.993. The lowest BCUT2D eigenvalue weighted by atomic mass is 10.2. The molecule has 0 fully saturated rings. The van der Waals surface area contributed by atoms with E-state index in [2.05, 4.69) is 19.9 Å². The lowest BCUT2D eigenvalue weighted by Gasteiger charge is -2.04. The summed E-state index contributed by atoms with van der Waals surface area (Å²) in [5, 5.41) is 0. The first-order valence-corrected chi connectivity index (χ1v) is 5.29. The van der Waals surface area contributed by atoms with Crippen molar-refractivity contribution < 1.29 is 0 Å². The largest absolute Gasteiger partial charge is 0.383 e. The zero-order valence-corrected chi connectivity index (χ0v) is 9.69. The molecule has 2 rings (SSSR count). The number of hydrogen-bond acceptors (Lipinski definition) is 5. The fourth-order valence-electron chi connectivity index (χ4n) is 1.48. The number of nitrogen functional groups attached to an aromatic ring is 1. The molecule has 0 aromatic carbocycles. The maximum atomic E-state index is 11.7. The van der Waals surface area contributed by atoms with Crippen LogP contribution in [0.1, 0.15) is 18.1 Å². The Morgan fingerprint density at radius 1 is 1.35 bits per heavy atom. The Kier molecular flexibility index (Phi) is 2.86. The second-order valence-corrected chi connectivity index (χ2v) is 3.72. The van der Waals surface area contributed by atoms with Gasteiger partial charge in [0.2, 0.25) is 0 Å². The van der Waals surface area contributed by atoms with E-state index in [0.29, 0.717) is 23.6 Å². The van der Waals surface area contributed by atoms with Crippen LogP contribution in [0.4, 0.5) is 5.82 Å². The maximum Gasteiger partial charge on any atom is 0.256 e. The summed E-state index contributed by atoms with van der Waals surface area (Å²) >= 11 is 0. The van der Waals surface area contributed by atoms with Gasteiger partial charge in [-0.2, -0.15) is 0 Å². The third-order valence-electron chi connectivity index (χ3n) is 2.39. The molecule has 0 radical (unpaired) electrons. The van der Waals surface area contributed by atoms with Gasteiger partial charge in [-0.25, -0.2) is 15.0 Å². The number of nitrogens with two attached hydrogens (primary N) is 1. The fraction of sp³-hybridized carbons (Fsp3) is 0.273. The van der Waals surface area contributed by atoms with Gasteiger partial charge in [0.1, 0.15) is 5.82 Å². The van der Waals surface area contributed by atoms with Gasteiger partial charge in [0.05, 0.1) is 5.56 Å². The number of nitrogens with zero attached hydrogens (tertiary/aromatic N) is 3. The van der Waals surface area contributed by atoms with E-state index in [4.69, 9.17) is 5.73 Å². The molecule has 2 aromatic heterocycles. The van der Waals surface area contributed by atoms with Crippen molar-refractivity contribution >= 4 is 5.82 Å². The molecule has 0 atom stereocenters. The van der Waals surface area contributed by atoms with Crippen LogP contribution >= 0.6 is 0 Å². The van der Waals surface area contributed by atoms with Crippen molar-refractivity contribution in [2.75, 3.05) is 5.73 Å². The van der Waals surface area contributed by atoms with Crippen LogP contribution in [-0.2, 0) is 6.42 Å². The topological polar surface area (TPSA) is 97.5 Å². The van der Waals surface area contributed by atoms with Crippen molar-refractivity contribution in [3.63, 3.8) is 0 Å². The SMILES string of the molecule is CCc1c(N)nc(-c2ncc(C)cn2)[nH]c1=O. The van der Waals surface area contributed by atoms with E-state index in [9.17, 15) is 4.79 Å². The average molecular weight is 231 g/mol. The van der Waals surface area contributed by atoms with E-state index >= 15 is 0 Å². The van der Waals surface area contributed by atoms with E-state index in [-0.39, 0.29) is 11.4 Å². The number of nitrogens with one attached hydrogen (secondary N) is 1. The molecule has 2 aromatic rings. The third-order valence-corrected chi connectivity index (χ3v) is 2.39. The van der Waals surface area contributed by atoms with E-state index in [1.54, 1.807) is 12.4 Å². The van der Waals surface area contributed by atoms with Crippen LogP contribution in [0.25, 0.3) is 11.6 Å². The van der Waals surface area contributed by atoms with E-state index in [1.807, 2.05) is 13.8 Å². The van der Waals surface area contributed by atoms with E-state index < -0.39 is 0 Å². The van der Waals surface area contributed by atoms with Crippen LogP contribution in [0.15, 0.2) is 17.2 Å². The fourth-order valence-corrected chi connectivity index (χ4v) is 1.48. The standard InChI is InChI=1S/C11H13N5O/c1-3-7-8(12)15-10(16-11(7)17)9-13-4-6(2)5-14-9/h4-5H,3H2,1-2H3,(H3,12,15,16,17). The highest BCUT2D eigenvalue weighted by Crippen LogP contribution is 2.10. The quantitative estimate of drug-likeness (QED) is 0.792. The predicted octanol–water partition coefficient (Wildman–Crippen LogP) is 0.680. The average Bonchev–Trinajstić information content (AvgIpc) is 2.29. The summed E-state index contributed by atoms with van der Waals surface area (Å²) in [7, 11) is 0. The normalized spacial score (nSPS) is 10.5. The van der Waals surface area contributed by atoms with Crippen molar-refractivity contribution in [3.8, 4) is 11.6 Å². The molecule has 3 N–H and O–H groups in total. The van der Waals surface area contributed by atoms with Crippen molar-refractivity contribution in [1.29, 1.82) is 0 Å². The molecule has 6 nitrogen and oxygen atoms in total. The van der Waals surface area contributed by atoms with Gasteiger partial charge >= 0.3 is 0 Å². The number of rotatable bonds is 2.